The summed E-state index contributed by atoms with van der Waals surface area (Å²) in [6.07, 6.45) is 11.8. The van der Waals surface area contributed by atoms with E-state index in [1.807, 2.05) is 18.2 Å². The van der Waals surface area contributed by atoms with E-state index >= 15 is 0 Å². The number of nitrogens with zero attached hydrogens (tertiary/aromatic N) is 2. The van der Waals surface area contributed by atoms with Crippen LogP contribution in [0, 0.1) is 5.41 Å². The van der Waals surface area contributed by atoms with Gasteiger partial charge < -0.3 is 10.3 Å². The molecular weight excluding hydrogens is 420 g/mol. The maximum atomic E-state index is 13.0. The van der Waals surface area contributed by atoms with Gasteiger partial charge in [-0.25, -0.2) is 5.43 Å². The molecule has 2 aromatic carbocycles. The lowest BCUT2D eigenvalue weighted by atomic mass is 9.72. The molecule has 0 aromatic heterocycles. The molecule has 5 heteroatoms. The molecule has 0 spiro atoms. The lowest BCUT2D eigenvalue weighted by molar-refractivity contribution is -0.132. The summed E-state index contributed by atoms with van der Waals surface area (Å²) in [5, 5.41) is 0. The Kier molecular flexibility index (Phi) is 6.38. The third-order valence-electron chi connectivity index (χ3n) is 7.83. The van der Waals surface area contributed by atoms with E-state index in [9.17, 15) is 4.79 Å². The average Bonchev–Trinajstić information content (AvgIpc) is 3.23. The summed E-state index contributed by atoms with van der Waals surface area (Å²) in [6.45, 7) is 4.50. The molecule has 2 fully saturated rings. The van der Waals surface area contributed by atoms with Crippen molar-refractivity contribution in [2.24, 2.45) is 10.4 Å². The number of carbonyl (C=O) groups is 1. The van der Waals surface area contributed by atoms with Gasteiger partial charge in [-0.2, -0.15) is 0 Å². The largest absolute Gasteiger partial charge is 0.343 e. The molecule has 2 saturated heterocycles. The van der Waals surface area contributed by atoms with Crippen molar-refractivity contribution in [1.82, 2.24) is 15.8 Å². The van der Waals surface area contributed by atoms with Gasteiger partial charge in [-0.05, 0) is 37.3 Å². The SMILES string of the molecule is CC12C=CC=CC1NNC2=NCC1(c2ccccc2)CCN(C(=O)CCc2ccccc2)CC1. The van der Waals surface area contributed by atoms with Gasteiger partial charge in [-0.3, -0.25) is 9.79 Å². The molecule has 5 nitrogen and oxygen atoms in total. The number of piperidine rings is 1. The van der Waals surface area contributed by atoms with E-state index in [1.54, 1.807) is 0 Å². The highest BCUT2D eigenvalue weighted by Gasteiger charge is 2.43. The van der Waals surface area contributed by atoms with Gasteiger partial charge in [-0.15, -0.1) is 0 Å². The first-order valence-corrected chi connectivity index (χ1v) is 12.4. The standard InChI is InChI=1S/C29H34N4O/c1-28-17-9-8-14-25(28)31-32-27(28)30-22-29(24-12-6-3-7-13-24)18-20-33(21-19-29)26(34)16-15-23-10-4-2-5-11-23/h2-14,17,25,31H,15-16,18-22H2,1H3,(H,30,32). The van der Waals surface area contributed by atoms with Crippen LogP contribution in [0.25, 0.3) is 0 Å². The number of hydrazine groups is 1. The Morgan fingerprint density at radius 2 is 1.74 bits per heavy atom. The topological polar surface area (TPSA) is 56.7 Å². The zero-order valence-electron chi connectivity index (χ0n) is 19.9. The number of carbonyl (C=O) groups excluding carboxylic acids is 1. The summed E-state index contributed by atoms with van der Waals surface area (Å²) in [6, 6.07) is 21.2. The van der Waals surface area contributed by atoms with Gasteiger partial charge >= 0.3 is 0 Å². The molecule has 2 aromatic rings. The van der Waals surface area contributed by atoms with E-state index in [1.165, 1.54) is 11.1 Å². The van der Waals surface area contributed by atoms with Crippen molar-refractivity contribution in [2.75, 3.05) is 19.6 Å². The molecule has 1 amide bonds. The van der Waals surface area contributed by atoms with E-state index in [0.717, 1.165) is 38.2 Å². The van der Waals surface area contributed by atoms with Crippen molar-refractivity contribution in [3.05, 3.63) is 96.1 Å². The zero-order valence-corrected chi connectivity index (χ0v) is 19.9. The van der Waals surface area contributed by atoms with Gasteiger partial charge in [0, 0.05) is 24.9 Å². The van der Waals surface area contributed by atoms with Crippen LogP contribution in [0.1, 0.15) is 37.3 Å². The number of aliphatic imine (C=N–C) groups is 1. The number of benzene rings is 2. The molecule has 34 heavy (non-hydrogen) atoms. The van der Waals surface area contributed by atoms with Crippen molar-refractivity contribution in [3.8, 4) is 0 Å². The van der Waals surface area contributed by atoms with E-state index in [0.29, 0.717) is 13.0 Å². The smallest absolute Gasteiger partial charge is 0.222 e. The highest BCUT2D eigenvalue weighted by molar-refractivity contribution is 5.92. The quantitative estimate of drug-likeness (QED) is 0.688. The molecule has 0 bridgehead atoms. The van der Waals surface area contributed by atoms with Gasteiger partial charge in [0.05, 0.1) is 18.0 Å². The number of likely N-dealkylation sites (tertiary alicyclic amines) is 1. The van der Waals surface area contributed by atoms with Crippen LogP contribution in [0.15, 0.2) is 90.0 Å². The first kappa shape index (κ1) is 22.6. The predicted octanol–water partition coefficient (Wildman–Crippen LogP) is 4.19. The highest BCUT2D eigenvalue weighted by Crippen LogP contribution is 2.38. The van der Waals surface area contributed by atoms with Crippen LogP contribution < -0.4 is 10.9 Å². The molecule has 5 rings (SSSR count). The van der Waals surface area contributed by atoms with Crippen LogP contribution >= 0.6 is 0 Å². The fraction of sp³-hybridized carbons (Fsp3) is 0.379. The monoisotopic (exact) mass is 454 g/mol. The maximum Gasteiger partial charge on any atom is 0.222 e. The molecule has 0 radical (unpaired) electrons. The van der Waals surface area contributed by atoms with Crippen LogP contribution in [0.3, 0.4) is 0 Å². The van der Waals surface area contributed by atoms with Crippen molar-refractivity contribution >= 4 is 11.7 Å². The number of hydrogen-bond donors (Lipinski definition) is 2. The third-order valence-corrected chi connectivity index (χ3v) is 7.83. The van der Waals surface area contributed by atoms with Crippen molar-refractivity contribution < 1.29 is 4.79 Å². The average molecular weight is 455 g/mol. The molecule has 2 N–H and O–H groups in total. The van der Waals surface area contributed by atoms with Crippen LogP contribution in [0.5, 0.6) is 0 Å². The fourth-order valence-electron chi connectivity index (χ4n) is 5.45. The third kappa shape index (κ3) is 4.45. The van der Waals surface area contributed by atoms with E-state index in [2.05, 4.69) is 89.4 Å². The summed E-state index contributed by atoms with van der Waals surface area (Å²) >= 11 is 0. The number of hydrogen-bond acceptors (Lipinski definition) is 3. The first-order valence-electron chi connectivity index (χ1n) is 12.4. The number of rotatable bonds is 6. The van der Waals surface area contributed by atoms with E-state index in [4.69, 9.17) is 4.99 Å². The molecule has 2 heterocycles. The Bertz CT molecular complexity index is 1080. The first-order chi connectivity index (χ1) is 16.6. The van der Waals surface area contributed by atoms with Gasteiger partial charge in [-0.1, -0.05) is 85.0 Å². The minimum absolute atomic E-state index is 0.0607. The molecule has 2 unspecified atom stereocenters. The second-order valence-corrected chi connectivity index (χ2v) is 9.95. The van der Waals surface area contributed by atoms with Gasteiger partial charge in [0.2, 0.25) is 5.91 Å². The van der Waals surface area contributed by atoms with E-state index < -0.39 is 0 Å². The summed E-state index contributed by atoms with van der Waals surface area (Å²) in [7, 11) is 0. The zero-order chi connectivity index (χ0) is 23.4. The minimum Gasteiger partial charge on any atom is -0.343 e. The number of fused-ring (bicyclic) bond motifs is 1. The van der Waals surface area contributed by atoms with E-state index in [-0.39, 0.29) is 22.8 Å². The normalized spacial score (nSPS) is 26.3. The van der Waals surface area contributed by atoms with Crippen LogP contribution in [0.2, 0.25) is 0 Å². The van der Waals surface area contributed by atoms with Crippen molar-refractivity contribution in [1.29, 1.82) is 0 Å². The molecular formula is C29H34N4O. The molecule has 2 aliphatic heterocycles. The van der Waals surface area contributed by atoms with Gasteiger partial charge in [0.1, 0.15) is 5.84 Å². The molecule has 2 atom stereocenters. The van der Waals surface area contributed by atoms with Crippen molar-refractivity contribution in [3.63, 3.8) is 0 Å². The Balaban J connectivity index is 1.29. The summed E-state index contributed by atoms with van der Waals surface area (Å²) in [4.78, 5) is 20.2. The molecule has 3 aliphatic rings. The summed E-state index contributed by atoms with van der Waals surface area (Å²) < 4.78 is 0. The second kappa shape index (κ2) is 9.59. The summed E-state index contributed by atoms with van der Waals surface area (Å²) in [5.74, 6) is 1.25. The van der Waals surface area contributed by atoms with Gasteiger partial charge in [0.25, 0.3) is 0 Å². The van der Waals surface area contributed by atoms with Crippen LogP contribution in [0.4, 0.5) is 0 Å². The number of amides is 1. The summed E-state index contributed by atoms with van der Waals surface area (Å²) in [5.41, 5.74) is 9.04. The lowest BCUT2D eigenvalue weighted by Gasteiger charge is -2.42. The Morgan fingerprint density at radius 1 is 1.03 bits per heavy atom. The number of aryl methyl sites for hydroxylation is 1. The van der Waals surface area contributed by atoms with Crippen LogP contribution in [-0.4, -0.2) is 42.3 Å². The Hall–Kier alpha value is -3.18. The van der Waals surface area contributed by atoms with Crippen LogP contribution in [-0.2, 0) is 16.6 Å². The minimum atomic E-state index is -0.152. The molecule has 1 aliphatic carbocycles. The van der Waals surface area contributed by atoms with Gasteiger partial charge in [0.15, 0.2) is 0 Å². The fourth-order valence-corrected chi connectivity index (χ4v) is 5.45. The number of amidine groups is 1. The number of allylic oxidation sites excluding steroid dienone is 2. The van der Waals surface area contributed by atoms with Crippen molar-refractivity contribution in [2.45, 2.75) is 44.1 Å². The predicted molar refractivity (Wildman–Crippen MR) is 137 cm³/mol. The molecule has 176 valence electrons. The Morgan fingerprint density at radius 3 is 2.47 bits per heavy atom. The lowest BCUT2D eigenvalue weighted by Crippen LogP contribution is -2.47. The highest BCUT2D eigenvalue weighted by atomic mass is 16.2. The second-order valence-electron chi connectivity index (χ2n) is 9.95. The molecule has 0 saturated carbocycles. The Labute approximate surface area is 202 Å². The maximum absolute atomic E-state index is 13.0. The number of nitrogens with one attached hydrogen (secondary N) is 2.